The van der Waals surface area contributed by atoms with E-state index < -0.39 is 35.1 Å². The van der Waals surface area contributed by atoms with E-state index >= 15 is 0 Å². The van der Waals surface area contributed by atoms with Gasteiger partial charge in [0.25, 0.3) is 0 Å². The smallest absolute Gasteiger partial charge is 0.248 e. The van der Waals surface area contributed by atoms with E-state index in [1.165, 1.54) is 29.2 Å². The highest BCUT2D eigenvalue weighted by Gasteiger charge is 2.35. The number of nitrogens with one attached hydrogen (secondary N) is 2. The first-order valence-electron chi connectivity index (χ1n) is 11.3. The quantitative estimate of drug-likeness (QED) is 0.431. The van der Waals surface area contributed by atoms with E-state index in [9.17, 15) is 18.8 Å². The summed E-state index contributed by atoms with van der Waals surface area (Å²) in [5.41, 5.74) is 0.0630. The zero-order valence-electron chi connectivity index (χ0n) is 20.5. The van der Waals surface area contributed by atoms with Gasteiger partial charge in [-0.2, -0.15) is 0 Å². The topological polar surface area (TPSA) is 105 Å². The standard InChI is InChI=1S/C26H28ClFN4O4/c1-16-15-21(31-36-16)29-22(33)13-14-23(34)32(18-11-9-17(28)10-12-18)24(25(35)30-26(2,3)4)19-7-5-6-8-20(19)27/h5-12,15,24H,13-14H2,1-4H3,(H,30,35)(H,29,31,33). The predicted molar refractivity (Wildman–Crippen MR) is 135 cm³/mol. The van der Waals surface area contributed by atoms with Crippen molar-refractivity contribution in [2.24, 2.45) is 0 Å². The number of nitrogens with zero attached hydrogens (tertiary/aromatic N) is 2. The molecule has 0 aliphatic heterocycles. The van der Waals surface area contributed by atoms with Crippen LogP contribution in [-0.4, -0.2) is 28.4 Å². The van der Waals surface area contributed by atoms with Crippen molar-refractivity contribution in [2.45, 2.75) is 52.1 Å². The first kappa shape index (κ1) is 26.9. The van der Waals surface area contributed by atoms with E-state index in [2.05, 4.69) is 15.8 Å². The number of amides is 3. The van der Waals surface area contributed by atoms with Crippen molar-refractivity contribution in [2.75, 3.05) is 10.2 Å². The van der Waals surface area contributed by atoms with Gasteiger partial charge in [-0.25, -0.2) is 4.39 Å². The molecule has 2 N–H and O–H groups in total. The molecular formula is C26H28ClFN4O4. The number of anilines is 2. The first-order chi connectivity index (χ1) is 16.9. The van der Waals surface area contributed by atoms with E-state index in [-0.39, 0.29) is 29.4 Å². The van der Waals surface area contributed by atoms with Crippen molar-refractivity contribution < 1.29 is 23.3 Å². The molecule has 1 atom stereocenters. The molecule has 3 amide bonds. The average molecular weight is 515 g/mol. The second-order valence-electron chi connectivity index (χ2n) is 9.27. The number of carbonyl (C=O) groups is 3. The Bertz CT molecular complexity index is 1240. The predicted octanol–water partition coefficient (Wildman–Crippen LogP) is 5.18. The van der Waals surface area contributed by atoms with Crippen molar-refractivity contribution in [3.05, 3.63) is 76.8 Å². The number of aryl methyl sites for hydroxylation is 1. The summed E-state index contributed by atoms with van der Waals surface area (Å²) in [5.74, 6) is -1.20. The lowest BCUT2D eigenvalue weighted by Crippen LogP contribution is -2.49. The fourth-order valence-electron chi connectivity index (χ4n) is 3.54. The molecule has 0 fully saturated rings. The molecule has 3 rings (SSSR count). The molecule has 0 radical (unpaired) electrons. The molecule has 10 heteroatoms. The minimum absolute atomic E-state index is 0.182. The molecule has 0 aliphatic carbocycles. The van der Waals surface area contributed by atoms with Crippen LogP contribution in [-0.2, 0) is 14.4 Å². The lowest BCUT2D eigenvalue weighted by Gasteiger charge is -2.34. The van der Waals surface area contributed by atoms with E-state index in [1.807, 2.05) is 20.8 Å². The fraction of sp³-hybridized carbons (Fsp3) is 0.308. The summed E-state index contributed by atoms with van der Waals surface area (Å²) in [7, 11) is 0. The number of aromatic nitrogens is 1. The van der Waals surface area contributed by atoms with Crippen LogP contribution < -0.4 is 15.5 Å². The van der Waals surface area contributed by atoms with Crippen LogP contribution in [0.2, 0.25) is 5.02 Å². The van der Waals surface area contributed by atoms with Crippen molar-refractivity contribution in [3.63, 3.8) is 0 Å². The maximum atomic E-state index is 13.7. The highest BCUT2D eigenvalue weighted by atomic mass is 35.5. The Morgan fingerprint density at radius 2 is 1.75 bits per heavy atom. The third kappa shape index (κ3) is 7.14. The van der Waals surface area contributed by atoms with Crippen molar-refractivity contribution >= 4 is 40.8 Å². The summed E-state index contributed by atoms with van der Waals surface area (Å²) < 4.78 is 18.6. The second-order valence-corrected chi connectivity index (χ2v) is 9.68. The molecule has 8 nitrogen and oxygen atoms in total. The number of carbonyl (C=O) groups excluding carboxylic acids is 3. The molecule has 0 aliphatic rings. The van der Waals surface area contributed by atoms with Gasteiger partial charge in [0.2, 0.25) is 17.7 Å². The first-order valence-corrected chi connectivity index (χ1v) is 11.7. The number of hydrogen-bond donors (Lipinski definition) is 2. The van der Waals surface area contributed by atoms with Crippen LogP contribution in [0.5, 0.6) is 0 Å². The van der Waals surface area contributed by atoms with E-state index in [0.29, 0.717) is 11.3 Å². The fourth-order valence-corrected chi connectivity index (χ4v) is 3.78. The zero-order chi connectivity index (χ0) is 26.5. The molecule has 36 heavy (non-hydrogen) atoms. The minimum Gasteiger partial charge on any atom is -0.360 e. The van der Waals surface area contributed by atoms with Crippen LogP contribution in [0.3, 0.4) is 0 Å². The van der Waals surface area contributed by atoms with Gasteiger partial charge >= 0.3 is 0 Å². The Morgan fingerprint density at radius 3 is 2.33 bits per heavy atom. The summed E-state index contributed by atoms with van der Waals surface area (Å²) in [4.78, 5) is 40.8. The van der Waals surface area contributed by atoms with Gasteiger partial charge in [0, 0.05) is 40.7 Å². The molecule has 2 aromatic carbocycles. The Kier molecular flexibility index (Phi) is 8.47. The highest BCUT2D eigenvalue weighted by molar-refractivity contribution is 6.31. The van der Waals surface area contributed by atoms with Gasteiger partial charge in [-0.1, -0.05) is 35.0 Å². The molecule has 1 heterocycles. The highest BCUT2D eigenvalue weighted by Crippen LogP contribution is 2.33. The zero-order valence-corrected chi connectivity index (χ0v) is 21.2. The Balaban J connectivity index is 1.96. The third-order valence-electron chi connectivity index (χ3n) is 5.04. The van der Waals surface area contributed by atoms with Gasteiger partial charge in [-0.3, -0.25) is 19.3 Å². The molecule has 190 valence electrons. The van der Waals surface area contributed by atoms with E-state index in [0.717, 1.165) is 0 Å². The molecule has 3 aromatic rings. The lowest BCUT2D eigenvalue weighted by molar-refractivity contribution is -0.128. The summed E-state index contributed by atoms with van der Waals surface area (Å²) in [5, 5.41) is 9.45. The van der Waals surface area contributed by atoms with Crippen molar-refractivity contribution in [1.82, 2.24) is 10.5 Å². The summed E-state index contributed by atoms with van der Waals surface area (Å²) in [6, 6.07) is 12.3. The molecule has 0 bridgehead atoms. The maximum Gasteiger partial charge on any atom is 0.248 e. The lowest BCUT2D eigenvalue weighted by atomic mass is 10.00. The van der Waals surface area contributed by atoms with E-state index in [1.54, 1.807) is 37.3 Å². The van der Waals surface area contributed by atoms with Crippen LogP contribution in [0, 0.1) is 12.7 Å². The molecule has 1 aromatic heterocycles. The number of benzene rings is 2. The van der Waals surface area contributed by atoms with Crippen LogP contribution in [0.15, 0.2) is 59.1 Å². The van der Waals surface area contributed by atoms with Crippen LogP contribution in [0.4, 0.5) is 15.9 Å². The number of halogens is 2. The summed E-state index contributed by atoms with van der Waals surface area (Å²) in [6.45, 7) is 7.13. The Hall–Kier alpha value is -3.72. The van der Waals surface area contributed by atoms with E-state index in [4.69, 9.17) is 16.1 Å². The minimum atomic E-state index is -1.17. The Labute approximate surface area is 213 Å². The van der Waals surface area contributed by atoms with Crippen molar-refractivity contribution in [1.29, 1.82) is 0 Å². The van der Waals surface area contributed by atoms with Gasteiger partial charge in [-0.15, -0.1) is 0 Å². The third-order valence-corrected chi connectivity index (χ3v) is 5.38. The molecule has 0 spiro atoms. The SMILES string of the molecule is Cc1cc(NC(=O)CCC(=O)N(c2ccc(F)cc2)C(C(=O)NC(C)(C)C)c2ccccc2Cl)no1. The van der Waals surface area contributed by atoms with Gasteiger partial charge < -0.3 is 15.2 Å². The molecule has 1 unspecified atom stereocenters. The van der Waals surface area contributed by atoms with Crippen LogP contribution >= 0.6 is 11.6 Å². The normalized spacial score (nSPS) is 12.1. The number of rotatable bonds is 8. The Morgan fingerprint density at radius 1 is 1.08 bits per heavy atom. The van der Waals surface area contributed by atoms with Gasteiger partial charge in [0.15, 0.2) is 5.82 Å². The maximum absolute atomic E-state index is 13.7. The monoisotopic (exact) mass is 514 g/mol. The molecule has 0 saturated carbocycles. The molecule has 0 saturated heterocycles. The van der Waals surface area contributed by atoms with Gasteiger partial charge in [-0.05, 0) is 58.0 Å². The van der Waals surface area contributed by atoms with Gasteiger partial charge in [0.1, 0.15) is 17.6 Å². The summed E-state index contributed by atoms with van der Waals surface area (Å²) in [6.07, 6.45) is -0.414. The largest absolute Gasteiger partial charge is 0.360 e. The second kappa shape index (κ2) is 11.3. The average Bonchev–Trinajstić information content (AvgIpc) is 3.20. The summed E-state index contributed by atoms with van der Waals surface area (Å²) >= 11 is 6.46. The van der Waals surface area contributed by atoms with Crippen LogP contribution in [0.25, 0.3) is 0 Å². The van der Waals surface area contributed by atoms with Crippen molar-refractivity contribution in [3.8, 4) is 0 Å². The van der Waals surface area contributed by atoms with Crippen LogP contribution in [0.1, 0.15) is 51.0 Å². The van der Waals surface area contributed by atoms with Gasteiger partial charge in [0.05, 0.1) is 0 Å². The molecular weight excluding hydrogens is 487 g/mol. The number of hydrogen-bond acceptors (Lipinski definition) is 5.